The Balaban J connectivity index is 2.32. The molecule has 0 aliphatic rings. The average Bonchev–Trinajstić information content (AvgIpc) is 2.86. The van der Waals surface area contributed by atoms with Gasteiger partial charge in [0.15, 0.2) is 0 Å². The van der Waals surface area contributed by atoms with E-state index in [4.69, 9.17) is 14.4 Å². The molecule has 0 radical (unpaired) electrons. The summed E-state index contributed by atoms with van der Waals surface area (Å²) in [4.78, 5) is 14.0. The first-order valence-electron chi connectivity index (χ1n) is 3.79. The molecule has 0 bridgehead atoms. The zero-order chi connectivity index (χ0) is 10.8. The molecular formula is C7H5N3O5. The van der Waals surface area contributed by atoms with Crippen LogP contribution in [-0.4, -0.2) is 33.5 Å². The van der Waals surface area contributed by atoms with Crippen molar-refractivity contribution in [3.05, 3.63) is 11.9 Å². The number of carbonyl (C=O) groups is 1. The molecule has 0 saturated heterocycles. The van der Waals surface area contributed by atoms with E-state index >= 15 is 0 Å². The molecule has 0 aromatic carbocycles. The number of hydrogen-bond donors (Lipinski definition) is 1. The van der Waals surface area contributed by atoms with Gasteiger partial charge in [-0.05, 0) is 10.3 Å². The van der Waals surface area contributed by atoms with Gasteiger partial charge >= 0.3 is 5.97 Å². The summed E-state index contributed by atoms with van der Waals surface area (Å²) in [5.74, 6) is -1.41. The molecule has 2 aromatic heterocycles. The number of aromatic nitrogens is 3. The van der Waals surface area contributed by atoms with E-state index in [2.05, 4.69) is 19.8 Å². The van der Waals surface area contributed by atoms with Gasteiger partial charge < -0.3 is 18.9 Å². The summed E-state index contributed by atoms with van der Waals surface area (Å²) in [6, 6.07) is 1.40. The Kier molecular flexibility index (Phi) is 2.08. The molecule has 0 aliphatic heterocycles. The Hall–Kier alpha value is -2.38. The van der Waals surface area contributed by atoms with Crippen molar-refractivity contribution in [2.45, 2.75) is 0 Å². The quantitative estimate of drug-likeness (QED) is 0.777. The Morgan fingerprint density at radius 1 is 1.47 bits per heavy atom. The summed E-state index contributed by atoms with van der Waals surface area (Å²) in [6.45, 7) is 0. The van der Waals surface area contributed by atoms with Crippen LogP contribution in [0.3, 0.4) is 0 Å². The third kappa shape index (κ3) is 1.64. The molecule has 2 heterocycles. The van der Waals surface area contributed by atoms with Crippen LogP contribution in [0, 0.1) is 0 Å². The summed E-state index contributed by atoms with van der Waals surface area (Å²) < 4.78 is 14.2. The van der Waals surface area contributed by atoms with Crippen molar-refractivity contribution in [3.8, 4) is 17.5 Å². The summed E-state index contributed by atoms with van der Waals surface area (Å²) in [6.07, 6.45) is 0. The van der Waals surface area contributed by atoms with Crippen molar-refractivity contribution in [2.75, 3.05) is 7.11 Å². The highest BCUT2D eigenvalue weighted by Crippen LogP contribution is 2.21. The molecule has 0 spiro atoms. The Labute approximate surface area is 82.4 Å². The van der Waals surface area contributed by atoms with Gasteiger partial charge in [-0.3, -0.25) is 0 Å². The van der Waals surface area contributed by atoms with Gasteiger partial charge in [0.25, 0.3) is 17.6 Å². The summed E-state index contributed by atoms with van der Waals surface area (Å²) in [5.41, 5.74) is 0. The van der Waals surface area contributed by atoms with Gasteiger partial charge in [0, 0.05) is 0 Å². The fourth-order valence-corrected chi connectivity index (χ4v) is 0.866. The number of nitrogens with zero attached hydrogens (tertiary/aromatic N) is 3. The monoisotopic (exact) mass is 211 g/mol. The van der Waals surface area contributed by atoms with E-state index in [1.165, 1.54) is 13.2 Å². The minimum absolute atomic E-state index is 0.0665. The second kappa shape index (κ2) is 3.40. The maximum atomic E-state index is 10.5. The van der Waals surface area contributed by atoms with Crippen LogP contribution in [0.5, 0.6) is 5.88 Å². The molecule has 8 nitrogen and oxygen atoms in total. The first kappa shape index (κ1) is 9.19. The van der Waals surface area contributed by atoms with Gasteiger partial charge in [-0.15, -0.1) is 0 Å². The second-order valence-corrected chi connectivity index (χ2v) is 2.46. The first-order chi connectivity index (χ1) is 7.20. The molecule has 0 amide bonds. The van der Waals surface area contributed by atoms with E-state index in [1.807, 2.05) is 0 Å². The lowest BCUT2D eigenvalue weighted by Crippen LogP contribution is -1.98. The molecule has 8 heteroatoms. The predicted octanol–water partition coefficient (Wildman–Crippen LogP) is 0.431. The molecular weight excluding hydrogens is 206 g/mol. The standard InChI is InChI=1S/C7H5N3O5/c1-13-4-2-3(14-9-4)6-8-5(7(11)12)10-15-6/h2H,1H3,(H,11,12). The topological polar surface area (TPSA) is 111 Å². The number of ether oxygens (including phenoxy) is 1. The Bertz CT molecular complexity index is 488. The zero-order valence-electron chi connectivity index (χ0n) is 7.50. The van der Waals surface area contributed by atoms with Crippen LogP contribution < -0.4 is 4.74 Å². The molecule has 2 rings (SSSR count). The maximum absolute atomic E-state index is 10.5. The smallest absolute Gasteiger partial charge is 0.377 e. The Morgan fingerprint density at radius 2 is 2.27 bits per heavy atom. The van der Waals surface area contributed by atoms with E-state index in [0.29, 0.717) is 0 Å². The van der Waals surface area contributed by atoms with E-state index < -0.39 is 11.8 Å². The Morgan fingerprint density at radius 3 is 2.80 bits per heavy atom. The van der Waals surface area contributed by atoms with E-state index in [1.54, 1.807) is 0 Å². The predicted molar refractivity (Wildman–Crippen MR) is 43.3 cm³/mol. The van der Waals surface area contributed by atoms with Crippen LogP contribution in [0.15, 0.2) is 15.1 Å². The SMILES string of the molecule is COc1cc(-c2nc(C(=O)O)no2)on1. The lowest BCUT2D eigenvalue weighted by molar-refractivity contribution is 0.0680. The minimum atomic E-state index is -1.28. The highest BCUT2D eigenvalue weighted by Gasteiger charge is 2.18. The van der Waals surface area contributed by atoms with E-state index in [-0.39, 0.29) is 17.5 Å². The van der Waals surface area contributed by atoms with Crippen molar-refractivity contribution < 1.29 is 23.7 Å². The van der Waals surface area contributed by atoms with Crippen LogP contribution >= 0.6 is 0 Å². The molecule has 0 fully saturated rings. The first-order valence-corrected chi connectivity index (χ1v) is 3.79. The van der Waals surface area contributed by atoms with Crippen LogP contribution in [0.2, 0.25) is 0 Å². The molecule has 0 aliphatic carbocycles. The molecule has 2 aromatic rings. The van der Waals surface area contributed by atoms with Crippen LogP contribution in [-0.2, 0) is 0 Å². The van der Waals surface area contributed by atoms with E-state index in [9.17, 15) is 4.79 Å². The van der Waals surface area contributed by atoms with Gasteiger partial charge in [0.05, 0.1) is 13.2 Å². The molecule has 1 N–H and O–H groups in total. The van der Waals surface area contributed by atoms with Crippen molar-refractivity contribution in [2.24, 2.45) is 0 Å². The van der Waals surface area contributed by atoms with Gasteiger partial charge in [-0.25, -0.2) is 4.79 Å². The van der Waals surface area contributed by atoms with Gasteiger partial charge in [-0.2, -0.15) is 4.98 Å². The number of carboxylic acid groups (broad SMARTS) is 1. The molecule has 0 unspecified atom stereocenters. The molecule has 0 saturated carbocycles. The maximum Gasteiger partial charge on any atom is 0.377 e. The molecule has 0 atom stereocenters. The average molecular weight is 211 g/mol. The van der Waals surface area contributed by atoms with Crippen molar-refractivity contribution >= 4 is 5.97 Å². The normalized spacial score (nSPS) is 10.2. The van der Waals surface area contributed by atoms with Crippen molar-refractivity contribution in [1.82, 2.24) is 15.3 Å². The fraction of sp³-hybridized carbons (Fsp3) is 0.143. The van der Waals surface area contributed by atoms with Gasteiger partial charge in [0.1, 0.15) is 0 Å². The molecule has 78 valence electrons. The lowest BCUT2D eigenvalue weighted by atomic mass is 10.4. The van der Waals surface area contributed by atoms with Crippen LogP contribution in [0.25, 0.3) is 11.7 Å². The number of aromatic carboxylic acids is 1. The third-order valence-electron chi connectivity index (χ3n) is 1.53. The van der Waals surface area contributed by atoms with Crippen molar-refractivity contribution in [1.29, 1.82) is 0 Å². The van der Waals surface area contributed by atoms with Crippen molar-refractivity contribution in [3.63, 3.8) is 0 Å². The largest absolute Gasteiger partial charge is 0.479 e. The van der Waals surface area contributed by atoms with Gasteiger partial charge in [-0.1, -0.05) is 0 Å². The summed E-state index contributed by atoms with van der Waals surface area (Å²) in [5, 5.41) is 15.2. The minimum Gasteiger partial charge on any atom is -0.479 e. The highest BCUT2D eigenvalue weighted by atomic mass is 16.5. The molecule has 15 heavy (non-hydrogen) atoms. The third-order valence-corrected chi connectivity index (χ3v) is 1.53. The second-order valence-electron chi connectivity index (χ2n) is 2.46. The number of hydrogen-bond acceptors (Lipinski definition) is 7. The van der Waals surface area contributed by atoms with E-state index in [0.717, 1.165) is 0 Å². The van der Waals surface area contributed by atoms with Crippen LogP contribution in [0.4, 0.5) is 0 Å². The summed E-state index contributed by atoms with van der Waals surface area (Å²) in [7, 11) is 1.41. The lowest BCUT2D eigenvalue weighted by Gasteiger charge is -1.83. The highest BCUT2D eigenvalue weighted by molar-refractivity contribution is 5.83. The number of carboxylic acids is 1. The number of methoxy groups -OCH3 is 1. The van der Waals surface area contributed by atoms with Gasteiger partial charge in [0.2, 0.25) is 5.76 Å². The fourth-order valence-electron chi connectivity index (χ4n) is 0.866. The van der Waals surface area contributed by atoms with Crippen LogP contribution in [0.1, 0.15) is 10.6 Å². The zero-order valence-corrected chi connectivity index (χ0v) is 7.50. The number of rotatable bonds is 3. The summed E-state index contributed by atoms with van der Waals surface area (Å²) >= 11 is 0.